The second-order valence-corrected chi connectivity index (χ2v) is 12.1. The second kappa shape index (κ2) is 11.1. The van der Waals surface area contributed by atoms with Gasteiger partial charge in [0.15, 0.2) is 0 Å². The molecular weight excluding hydrogens is 498 g/mol. The fourth-order valence-corrected chi connectivity index (χ4v) is 7.00. The van der Waals surface area contributed by atoms with Crippen LogP contribution in [0.25, 0.3) is 0 Å². The normalized spacial score (nSPS) is 18.8. The summed E-state index contributed by atoms with van der Waals surface area (Å²) >= 11 is 0. The zero-order valence-corrected chi connectivity index (χ0v) is 22.4. The quantitative estimate of drug-likeness (QED) is 0.453. The maximum Gasteiger partial charge on any atom is 0.259 e. The SMILES string of the molecule is C[C@@H]1CCCN(CCCNC(=O)c2ccc3c(c2)N(Cc2ccccc2)C(=O)c2ccccc2S3(=O)=O)C1. The van der Waals surface area contributed by atoms with Crippen molar-refractivity contribution in [3.8, 4) is 0 Å². The third-order valence-corrected chi connectivity index (χ3v) is 9.17. The minimum atomic E-state index is -3.98. The maximum atomic E-state index is 13.7. The predicted molar refractivity (Wildman–Crippen MR) is 147 cm³/mol. The molecule has 1 atom stereocenters. The van der Waals surface area contributed by atoms with Gasteiger partial charge in [0.25, 0.3) is 11.8 Å². The van der Waals surface area contributed by atoms with Crippen LogP contribution in [-0.4, -0.2) is 51.3 Å². The number of rotatable bonds is 7. The van der Waals surface area contributed by atoms with E-state index in [0.717, 1.165) is 31.6 Å². The van der Waals surface area contributed by atoms with Crippen molar-refractivity contribution in [3.05, 3.63) is 89.5 Å². The van der Waals surface area contributed by atoms with Gasteiger partial charge in [-0.15, -0.1) is 0 Å². The fraction of sp³-hybridized carbons (Fsp3) is 0.333. The van der Waals surface area contributed by atoms with Gasteiger partial charge in [-0.3, -0.25) is 9.59 Å². The van der Waals surface area contributed by atoms with Crippen LogP contribution in [0.2, 0.25) is 0 Å². The molecule has 0 unspecified atom stereocenters. The van der Waals surface area contributed by atoms with Crippen molar-refractivity contribution >= 4 is 27.3 Å². The molecule has 3 aromatic carbocycles. The molecule has 1 fully saturated rings. The van der Waals surface area contributed by atoms with Gasteiger partial charge >= 0.3 is 0 Å². The van der Waals surface area contributed by atoms with E-state index in [1.54, 1.807) is 12.1 Å². The summed E-state index contributed by atoms with van der Waals surface area (Å²) in [6, 6.07) is 20.2. The number of fused-ring (bicyclic) bond motifs is 2. The average Bonchev–Trinajstić information content (AvgIpc) is 2.99. The average molecular weight is 532 g/mol. The van der Waals surface area contributed by atoms with Crippen molar-refractivity contribution in [2.75, 3.05) is 31.1 Å². The molecule has 5 rings (SSSR count). The second-order valence-electron chi connectivity index (χ2n) is 10.2. The van der Waals surface area contributed by atoms with Gasteiger partial charge in [0.05, 0.1) is 27.6 Å². The van der Waals surface area contributed by atoms with Crippen LogP contribution in [0, 0.1) is 5.92 Å². The third-order valence-electron chi connectivity index (χ3n) is 7.31. The molecule has 8 heteroatoms. The van der Waals surface area contributed by atoms with Crippen LogP contribution in [0.4, 0.5) is 5.69 Å². The number of amides is 2. The molecule has 1 saturated heterocycles. The van der Waals surface area contributed by atoms with E-state index in [2.05, 4.69) is 17.1 Å². The molecule has 198 valence electrons. The monoisotopic (exact) mass is 531 g/mol. The van der Waals surface area contributed by atoms with Gasteiger partial charge in [0.2, 0.25) is 9.84 Å². The molecule has 3 aromatic rings. The molecule has 0 aliphatic carbocycles. The Bertz CT molecular complexity index is 1440. The Balaban J connectivity index is 1.41. The number of nitrogens with one attached hydrogen (secondary N) is 1. The highest BCUT2D eigenvalue weighted by atomic mass is 32.2. The molecule has 2 aliphatic rings. The molecule has 2 heterocycles. The first-order valence-electron chi connectivity index (χ1n) is 13.2. The third kappa shape index (κ3) is 5.37. The lowest BCUT2D eigenvalue weighted by molar-refractivity contribution is 0.0946. The summed E-state index contributed by atoms with van der Waals surface area (Å²) in [5.74, 6) is 0.00746. The van der Waals surface area contributed by atoms with Crippen molar-refractivity contribution in [1.82, 2.24) is 10.2 Å². The lowest BCUT2D eigenvalue weighted by Gasteiger charge is -2.30. The lowest BCUT2D eigenvalue weighted by Crippen LogP contribution is -2.36. The first-order chi connectivity index (χ1) is 18.3. The zero-order chi connectivity index (χ0) is 26.7. The van der Waals surface area contributed by atoms with Crippen molar-refractivity contribution in [2.45, 2.75) is 42.5 Å². The Morgan fingerprint density at radius 3 is 2.55 bits per heavy atom. The minimum absolute atomic E-state index is 0.0162. The first kappa shape index (κ1) is 26.1. The molecule has 0 radical (unpaired) electrons. The number of hydrogen-bond donors (Lipinski definition) is 1. The van der Waals surface area contributed by atoms with Crippen LogP contribution in [0.5, 0.6) is 0 Å². The largest absolute Gasteiger partial charge is 0.352 e. The van der Waals surface area contributed by atoms with Gasteiger partial charge in [0.1, 0.15) is 0 Å². The van der Waals surface area contributed by atoms with Crippen LogP contribution in [-0.2, 0) is 16.4 Å². The summed E-state index contributed by atoms with van der Waals surface area (Å²) in [5.41, 5.74) is 1.51. The lowest BCUT2D eigenvalue weighted by atomic mass is 10.0. The van der Waals surface area contributed by atoms with Gasteiger partial charge in [-0.05, 0) is 74.2 Å². The maximum absolute atomic E-state index is 13.7. The van der Waals surface area contributed by atoms with Crippen molar-refractivity contribution in [1.29, 1.82) is 0 Å². The van der Waals surface area contributed by atoms with Gasteiger partial charge in [-0.25, -0.2) is 8.42 Å². The Kier molecular flexibility index (Phi) is 7.63. The van der Waals surface area contributed by atoms with Crippen molar-refractivity contribution in [3.63, 3.8) is 0 Å². The number of likely N-dealkylation sites (tertiary alicyclic amines) is 1. The van der Waals surface area contributed by atoms with Gasteiger partial charge < -0.3 is 15.1 Å². The standard InChI is InChI=1S/C30H33N3O4S/c1-22-9-7-17-32(20-22)18-8-16-31-29(34)24-14-15-28-26(19-24)33(21-23-10-3-2-4-11-23)30(35)25-12-5-6-13-27(25)38(28,36)37/h2-6,10-15,19,22H,7-9,16-18,20-21H2,1H3,(H,31,34)/t22-/m1/s1. The summed E-state index contributed by atoms with van der Waals surface area (Å²) in [4.78, 5) is 30.7. The molecule has 0 spiro atoms. The van der Waals surface area contributed by atoms with Gasteiger partial charge in [-0.2, -0.15) is 0 Å². The number of nitrogens with zero attached hydrogens (tertiary/aromatic N) is 2. The number of anilines is 1. The molecule has 38 heavy (non-hydrogen) atoms. The highest BCUT2D eigenvalue weighted by molar-refractivity contribution is 7.91. The fourth-order valence-electron chi connectivity index (χ4n) is 5.37. The summed E-state index contributed by atoms with van der Waals surface area (Å²) in [6.07, 6.45) is 3.33. The smallest absolute Gasteiger partial charge is 0.259 e. The molecule has 2 aliphatic heterocycles. The van der Waals surface area contributed by atoms with Gasteiger partial charge in [0, 0.05) is 18.7 Å². The molecular formula is C30H33N3O4S. The van der Waals surface area contributed by atoms with Crippen molar-refractivity contribution < 1.29 is 18.0 Å². The number of carbonyl (C=O) groups is 2. The zero-order valence-electron chi connectivity index (χ0n) is 21.6. The topological polar surface area (TPSA) is 86.8 Å². The first-order valence-corrected chi connectivity index (χ1v) is 14.7. The van der Waals surface area contributed by atoms with E-state index in [1.165, 1.54) is 48.1 Å². The van der Waals surface area contributed by atoms with E-state index in [1.807, 2.05) is 30.3 Å². The van der Waals surface area contributed by atoms with E-state index in [0.29, 0.717) is 18.0 Å². The summed E-state index contributed by atoms with van der Waals surface area (Å²) in [5, 5.41) is 2.97. The van der Waals surface area contributed by atoms with Crippen LogP contribution in [0.1, 0.15) is 52.5 Å². The Morgan fingerprint density at radius 2 is 1.76 bits per heavy atom. The summed E-state index contributed by atoms with van der Waals surface area (Å²) in [6.45, 7) is 6.11. The summed E-state index contributed by atoms with van der Waals surface area (Å²) < 4.78 is 27.3. The Labute approximate surface area is 224 Å². The van der Waals surface area contributed by atoms with Gasteiger partial charge in [-0.1, -0.05) is 49.4 Å². The van der Waals surface area contributed by atoms with Crippen molar-refractivity contribution in [2.24, 2.45) is 5.92 Å². The van der Waals surface area contributed by atoms with Crippen LogP contribution in [0.15, 0.2) is 82.6 Å². The number of piperidine rings is 1. The number of sulfone groups is 1. The predicted octanol–water partition coefficient (Wildman–Crippen LogP) is 4.53. The molecule has 0 saturated carbocycles. The highest BCUT2D eigenvalue weighted by Gasteiger charge is 2.36. The van der Waals surface area contributed by atoms with E-state index in [4.69, 9.17) is 0 Å². The number of benzene rings is 3. The van der Waals surface area contributed by atoms with Crippen LogP contribution in [0.3, 0.4) is 0 Å². The number of hydrogen-bond acceptors (Lipinski definition) is 5. The van der Waals surface area contributed by atoms with Crippen LogP contribution < -0.4 is 10.2 Å². The Morgan fingerprint density at radius 1 is 1.00 bits per heavy atom. The molecule has 1 N–H and O–H groups in total. The van der Waals surface area contributed by atoms with Crippen LogP contribution >= 0.6 is 0 Å². The minimum Gasteiger partial charge on any atom is -0.352 e. The van der Waals surface area contributed by atoms with E-state index >= 15 is 0 Å². The molecule has 2 amide bonds. The molecule has 0 aromatic heterocycles. The van der Waals surface area contributed by atoms with E-state index in [9.17, 15) is 18.0 Å². The van der Waals surface area contributed by atoms with E-state index in [-0.39, 0.29) is 33.5 Å². The molecule has 7 nitrogen and oxygen atoms in total. The highest BCUT2D eigenvalue weighted by Crippen LogP contribution is 2.38. The van der Waals surface area contributed by atoms with E-state index < -0.39 is 15.7 Å². The summed E-state index contributed by atoms with van der Waals surface area (Å²) in [7, 11) is -3.98. The molecule has 0 bridgehead atoms. The number of carbonyl (C=O) groups excluding carboxylic acids is 2. The Hall–Kier alpha value is -3.49.